The molecular formula is C14H10F6N2. The van der Waals surface area contributed by atoms with E-state index in [0.29, 0.717) is 0 Å². The van der Waals surface area contributed by atoms with E-state index in [-0.39, 0.29) is 11.3 Å². The number of benzene rings is 2. The van der Waals surface area contributed by atoms with E-state index in [1.54, 1.807) is 0 Å². The standard InChI is InChI=1S/C14H10F6N2/c15-13(16,17)11-9(7-2-1-3-8(21)6-7)4-5-10(22)12(11)14(18,19)20/h1-6H,21-22H2. The average molecular weight is 320 g/mol. The minimum absolute atomic E-state index is 0.0715. The minimum atomic E-state index is -5.23. The molecule has 4 N–H and O–H groups in total. The van der Waals surface area contributed by atoms with E-state index in [4.69, 9.17) is 11.5 Å². The number of nitrogen functional groups attached to an aromatic ring is 2. The van der Waals surface area contributed by atoms with Crippen LogP contribution in [0.3, 0.4) is 0 Å². The second-order valence-corrected chi connectivity index (χ2v) is 4.57. The van der Waals surface area contributed by atoms with Gasteiger partial charge in [-0.05, 0) is 29.3 Å². The smallest absolute Gasteiger partial charge is 0.399 e. The van der Waals surface area contributed by atoms with Gasteiger partial charge >= 0.3 is 12.4 Å². The van der Waals surface area contributed by atoms with Crippen LogP contribution in [0.25, 0.3) is 11.1 Å². The van der Waals surface area contributed by atoms with E-state index < -0.39 is 34.7 Å². The quantitative estimate of drug-likeness (QED) is 0.598. The van der Waals surface area contributed by atoms with E-state index in [2.05, 4.69) is 0 Å². The molecule has 22 heavy (non-hydrogen) atoms. The molecule has 0 spiro atoms. The van der Waals surface area contributed by atoms with Crippen molar-refractivity contribution < 1.29 is 26.3 Å². The summed E-state index contributed by atoms with van der Waals surface area (Å²) >= 11 is 0. The molecule has 2 nitrogen and oxygen atoms in total. The van der Waals surface area contributed by atoms with Crippen molar-refractivity contribution in [3.05, 3.63) is 47.5 Å². The number of halogens is 6. The molecule has 0 radical (unpaired) electrons. The Hall–Kier alpha value is -2.38. The lowest BCUT2D eigenvalue weighted by atomic mass is 9.93. The lowest BCUT2D eigenvalue weighted by molar-refractivity contribution is -0.161. The summed E-state index contributed by atoms with van der Waals surface area (Å²) in [5.74, 6) is 0. The average Bonchev–Trinajstić information content (AvgIpc) is 2.35. The largest absolute Gasteiger partial charge is 0.419 e. The van der Waals surface area contributed by atoms with Crippen LogP contribution in [0.5, 0.6) is 0 Å². The summed E-state index contributed by atoms with van der Waals surface area (Å²) in [4.78, 5) is 0. The van der Waals surface area contributed by atoms with Gasteiger partial charge in [0.1, 0.15) is 0 Å². The maximum atomic E-state index is 13.2. The zero-order valence-electron chi connectivity index (χ0n) is 10.9. The topological polar surface area (TPSA) is 52.0 Å². The molecule has 0 aliphatic rings. The van der Waals surface area contributed by atoms with Crippen LogP contribution in [0.1, 0.15) is 11.1 Å². The van der Waals surface area contributed by atoms with Crippen LogP contribution in [-0.4, -0.2) is 0 Å². The van der Waals surface area contributed by atoms with Crippen LogP contribution in [0.4, 0.5) is 37.7 Å². The van der Waals surface area contributed by atoms with Gasteiger partial charge < -0.3 is 11.5 Å². The molecule has 0 bridgehead atoms. The molecular weight excluding hydrogens is 310 g/mol. The van der Waals surface area contributed by atoms with Gasteiger partial charge in [0, 0.05) is 11.4 Å². The number of anilines is 2. The minimum Gasteiger partial charge on any atom is -0.399 e. The Morgan fingerprint density at radius 1 is 0.727 bits per heavy atom. The maximum Gasteiger partial charge on any atom is 0.419 e. The van der Waals surface area contributed by atoms with E-state index in [0.717, 1.165) is 12.1 Å². The Kier molecular flexibility index (Phi) is 3.72. The van der Waals surface area contributed by atoms with Crippen LogP contribution < -0.4 is 11.5 Å². The number of nitrogens with two attached hydrogens (primary N) is 2. The number of hydrogen-bond donors (Lipinski definition) is 2. The van der Waals surface area contributed by atoms with Crippen molar-refractivity contribution in [1.82, 2.24) is 0 Å². The van der Waals surface area contributed by atoms with Crippen molar-refractivity contribution >= 4 is 11.4 Å². The molecule has 2 rings (SSSR count). The molecule has 0 unspecified atom stereocenters. The molecule has 0 heterocycles. The van der Waals surface area contributed by atoms with Gasteiger partial charge in [-0.3, -0.25) is 0 Å². The highest BCUT2D eigenvalue weighted by Crippen LogP contribution is 2.47. The predicted molar refractivity (Wildman–Crippen MR) is 70.7 cm³/mol. The first-order valence-corrected chi connectivity index (χ1v) is 5.94. The normalized spacial score (nSPS) is 12.5. The van der Waals surface area contributed by atoms with Crippen LogP contribution in [0.15, 0.2) is 36.4 Å². The van der Waals surface area contributed by atoms with Crippen molar-refractivity contribution in [2.75, 3.05) is 11.5 Å². The zero-order valence-corrected chi connectivity index (χ0v) is 10.9. The summed E-state index contributed by atoms with van der Waals surface area (Å²) in [6.45, 7) is 0. The fourth-order valence-corrected chi connectivity index (χ4v) is 2.17. The highest BCUT2D eigenvalue weighted by atomic mass is 19.4. The number of rotatable bonds is 1. The number of hydrogen-bond acceptors (Lipinski definition) is 2. The highest BCUT2D eigenvalue weighted by molar-refractivity contribution is 5.75. The summed E-state index contributed by atoms with van der Waals surface area (Å²) in [5, 5.41) is 0. The number of alkyl halides is 6. The molecule has 0 atom stereocenters. The van der Waals surface area contributed by atoms with Gasteiger partial charge in [-0.15, -0.1) is 0 Å². The third-order valence-electron chi connectivity index (χ3n) is 3.00. The Morgan fingerprint density at radius 3 is 1.82 bits per heavy atom. The first-order chi connectivity index (χ1) is 10.0. The molecule has 2 aromatic rings. The molecule has 0 aliphatic heterocycles. The van der Waals surface area contributed by atoms with Gasteiger partial charge in [-0.25, -0.2) is 0 Å². The van der Waals surface area contributed by atoms with Crippen molar-refractivity contribution in [3.63, 3.8) is 0 Å². The Labute approximate surface area is 121 Å². The fraction of sp³-hybridized carbons (Fsp3) is 0.143. The van der Waals surface area contributed by atoms with Gasteiger partial charge in [0.2, 0.25) is 0 Å². The fourth-order valence-electron chi connectivity index (χ4n) is 2.17. The summed E-state index contributed by atoms with van der Waals surface area (Å²) < 4.78 is 78.7. The predicted octanol–water partition coefficient (Wildman–Crippen LogP) is 4.56. The summed E-state index contributed by atoms with van der Waals surface area (Å²) in [7, 11) is 0. The Bertz CT molecular complexity index is 703. The summed E-state index contributed by atoms with van der Waals surface area (Å²) in [6.07, 6.45) is -10.5. The first kappa shape index (κ1) is 16.0. The molecule has 0 aliphatic carbocycles. The van der Waals surface area contributed by atoms with Gasteiger partial charge in [0.25, 0.3) is 0 Å². The lowest BCUT2D eigenvalue weighted by Crippen LogP contribution is -2.20. The van der Waals surface area contributed by atoms with E-state index in [1.807, 2.05) is 0 Å². The highest BCUT2D eigenvalue weighted by Gasteiger charge is 2.46. The molecule has 0 saturated carbocycles. The van der Waals surface area contributed by atoms with Crippen molar-refractivity contribution in [3.8, 4) is 11.1 Å². The summed E-state index contributed by atoms with van der Waals surface area (Å²) in [6, 6.07) is 6.89. The van der Waals surface area contributed by atoms with Crippen LogP contribution in [0, 0.1) is 0 Å². The van der Waals surface area contributed by atoms with Crippen LogP contribution in [-0.2, 0) is 12.4 Å². The third-order valence-corrected chi connectivity index (χ3v) is 3.00. The lowest BCUT2D eigenvalue weighted by Gasteiger charge is -2.21. The van der Waals surface area contributed by atoms with Gasteiger partial charge in [-0.2, -0.15) is 26.3 Å². The first-order valence-electron chi connectivity index (χ1n) is 5.94. The van der Waals surface area contributed by atoms with Crippen molar-refractivity contribution in [1.29, 1.82) is 0 Å². The van der Waals surface area contributed by atoms with Crippen molar-refractivity contribution in [2.24, 2.45) is 0 Å². The monoisotopic (exact) mass is 320 g/mol. The Morgan fingerprint density at radius 2 is 1.32 bits per heavy atom. The zero-order chi connectivity index (χ0) is 16.7. The van der Waals surface area contributed by atoms with Crippen LogP contribution >= 0.6 is 0 Å². The third kappa shape index (κ3) is 2.95. The van der Waals surface area contributed by atoms with Gasteiger partial charge in [0.05, 0.1) is 11.1 Å². The van der Waals surface area contributed by atoms with Crippen LogP contribution in [0.2, 0.25) is 0 Å². The van der Waals surface area contributed by atoms with E-state index in [9.17, 15) is 26.3 Å². The second-order valence-electron chi connectivity index (χ2n) is 4.57. The van der Waals surface area contributed by atoms with Crippen molar-refractivity contribution in [2.45, 2.75) is 12.4 Å². The summed E-state index contributed by atoms with van der Waals surface area (Å²) in [5.41, 5.74) is 5.37. The molecule has 2 aromatic carbocycles. The van der Waals surface area contributed by atoms with E-state index >= 15 is 0 Å². The van der Waals surface area contributed by atoms with E-state index in [1.165, 1.54) is 24.3 Å². The molecule has 0 aromatic heterocycles. The maximum absolute atomic E-state index is 13.2. The Balaban J connectivity index is 2.87. The molecule has 8 heteroatoms. The molecule has 0 amide bonds. The van der Waals surface area contributed by atoms with Gasteiger partial charge in [0.15, 0.2) is 0 Å². The second kappa shape index (κ2) is 5.11. The molecule has 118 valence electrons. The van der Waals surface area contributed by atoms with Gasteiger partial charge in [-0.1, -0.05) is 18.2 Å². The molecule has 0 fully saturated rings. The molecule has 0 saturated heterocycles. The SMILES string of the molecule is Nc1cccc(-c2ccc(N)c(C(F)(F)F)c2C(F)(F)F)c1.